The summed E-state index contributed by atoms with van der Waals surface area (Å²) in [6, 6.07) is 6.71. The topological polar surface area (TPSA) is 51.8 Å². The number of halogens is 4. The number of aromatic nitrogens is 2. The maximum absolute atomic E-state index is 13.3. The Morgan fingerprint density at radius 3 is 2.24 bits per heavy atom. The molecule has 3 rings (SSSR count). The average Bonchev–Trinajstić information content (AvgIpc) is 2.38. The molecule has 21 heavy (non-hydrogen) atoms. The van der Waals surface area contributed by atoms with E-state index in [1.807, 2.05) is 6.07 Å². The fourth-order valence-corrected chi connectivity index (χ4v) is 3.31. The van der Waals surface area contributed by atoms with Gasteiger partial charge in [0.1, 0.15) is 17.5 Å². The van der Waals surface area contributed by atoms with Gasteiger partial charge >= 0.3 is 0 Å². The third-order valence-electron chi connectivity index (χ3n) is 2.87. The van der Waals surface area contributed by atoms with Crippen molar-refractivity contribution in [3.8, 4) is 11.4 Å². The summed E-state index contributed by atoms with van der Waals surface area (Å²) in [5, 5.41) is 0.650. The summed E-state index contributed by atoms with van der Waals surface area (Å²) >= 11 is 6.75. The van der Waals surface area contributed by atoms with Crippen LogP contribution in [0.2, 0.25) is 0 Å². The van der Waals surface area contributed by atoms with Crippen molar-refractivity contribution in [1.82, 2.24) is 9.97 Å². The highest BCUT2D eigenvalue weighted by molar-refractivity contribution is 9.11. The van der Waals surface area contributed by atoms with E-state index in [2.05, 4.69) is 41.8 Å². The number of hydrogen-bond donors (Lipinski definition) is 1. The van der Waals surface area contributed by atoms with E-state index in [0.29, 0.717) is 15.4 Å². The van der Waals surface area contributed by atoms with Gasteiger partial charge < -0.3 is 5.73 Å². The molecule has 0 saturated carbocycles. The van der Waals surface area contributed by atoms with Crippen molar-refractivity contribution in [3.63, 3.8) is 0 Å². The van der Waals surface area contributed by atoms with Gasteiger partial charge in [0.2, 0.25) is 0 Å². The number of anilines is 1. The zero-order valence-electron chi connectivity index (χ0n) is 10.4. The lowest BCUT2D eigenvalue weighted by Crippen LogP contribution is -1.99. The second kappa shape index (κ2) is 5.31. The van der Waals surface area contributed by atoms with Crippen LogP contribution in [0.3, 0.4) is 0 Å². The van der Waals surface area contributed by atoms with Crippen LogP contribution in [-0.4, -0.2) is 9.97 Å². The number of hydrogen-bond acceptors (Lipinski definition) is 3. The van der Waals surface area contributed by atoms with E-state index >= 15 is 0 Å². The lowest BCUT2D eigenvalue weighted by molar-refractivity contribution is 0.584. The molecule has 0 unspecified atom stereocenters. The minimum Gasteiger partial charge on any atom is -0.383 e. The van der Waals surface area contributed by atoms with Crippen LogP contribution in [0.4, 0.5) is 14.6 Å². The van der Waals surface area contributed by atoms with Gasteiger partial charge in [-0.1, -0.05) is 15.9 Å². The molecule has 106 valence electrons. The van der Waals surface area contributed by atoms with Crippen LogP contribution >= 0.6 is 31.9 Å². The highest BCUT2D eigenvalue weighted by atomic mass is 79.9. The van der Waals surface area contributed by atoms with Gasteiger partial charge in [-0.2, -0.15) is 0 Å². The van der Waals surface area contributed by atoms with Gasteiger partial charge in [-0.05, 0) is 40.2 Å². The summed E-state index contributed by atoms with van der Waals surface area (Å²) in [6.07, 6.45) is 0. The van der Waals surface area contributed by atoms with E-state index in [9.17, 15) is 8.78 Å². The fraction of sp³-hybridized carbons (Fsp3) is 0. The zero-order chi connectivity index (χ0) is 15.1. The maximum atomic E-state index is 13.3. The van der Waals surface area contributed by atoms with Crippen LogP contribution in [0.15, 0.2) is 39.3 Å². The van der Waals surface area contributed by atoms with Gasteiger partial charge in [0.25, 0.3) is 0 Å². The maximum Gasteiger partial charge on any atom is 0.162 e. The van der Waals surface area contributed by atoms with Crippen molar-refractivity contribution in [2.24, 2.45) is 0 Å². The van der Waals surface area contributed by atoms with Gasteiger partial charge in [0, 0.05) is 26.0 Å². The number of benzene rings is 2. The number of nitrogens with two attached hydrogens (primary N) is 1. The van der Waals surface area contributed by atoms with Gasteiger partial charge in [-0.15, -0.1) is 0 Å². The highest BCUT2D eigenvalue weighted by Crippen LogP contribution is 2.31. The van der Waals surface area contributed by atoms with E-state index in [-0.39, 0.29) is 17.2 Å². The Balaban J connectivity index is 2.30. The van der Waals surface area contributed by atoms with Crippen LogP contribution < -0.4 is 5.73 Å². The van der Waals surface area contributed by atoms with E-state index in [0.717, 1.165) is 22.7 Å². The molecule has 0 aliphatic carbocycles. The normalized spacial score (nSPS) is 11.0. The van der Waals surface area contributed by atoms with Crippen LogP contribution in [0.1, 0.15) is 0 Å². The van der Waals surface area contributed by atoms with Crippen molar-refractivity contribution in [1.29, 1.82) is 0 Å². The first-order valence-electron chi connectivity index (χ1n) is 5.83. The summed E-state index contributed by atoms with van der Waals surface area (Å²) in [6.45, 7) is 0. The van der Waals surface area contributed by atoms with Crippen molar-refractivity contribution in [2.75, 3.05) is 5.73 Å². The van der Waals surface area contributed by atoms with Crippen molar-refractivity contribution >= 4 is 48.6 Å². The van der Waals surface area contributed by atoms with Crippen molar-refractivity contribution in [3.05, 3.63) is 50.9 Å². The summed E-state index contributed by atoms with van der Waals surface area (Å²) in [5.41, 5.74) is 6.73. The Bertz CT molecular complexity index is 848. The molecule has 3 nitrogen and oxygen atoms in total. The van der Waals surface area contributed by atoms with Crippen LogP contribution in [0.5, 0.6) is 0 Å². The van der Waals surface area contributed by atoms with Gasteiger partial charge in [0.05, 0.1) is 5.52 Å². The molecule has 0 spiro atoms. The van der Waals surface area contributed by atoms with Gasteiger partial charge in [-0.25, -0.2) is 18.7 Å². The molecule has 0 atom stereocenters. The summed E-state index contributed by atoms with van der Waals surface area (Å²) < 4.78 is 28.2. The third-order valence-corrected chi connectivity index (χ3v) is 3.93. The average molecular weight is 415 g/mol. The Kier molecular flexibility index (Phi) is 3.62. The molecular weight excluding hydrogens is 408 g/mol. The largest absolute Gasteiger partial charge is 0.383 e. The molecule has 7 heteroatoms. The fourth-order valence-electron chi connectivity index (χ4n) is 1.99. The first-order chi connectivity index (χ1) is 9.94. The second-order valence-corrected chi connectivity index (χ2v) is 6.14. The zero-order valence-corrected chi connectivity index (χ0v) is 13.5. The summed E-state index contributed by atoms with van der Waals surface area (Å²) in [4.78, 5) is 8.46. The molecule has 2 N–H and O–H groups in total. The summed E-state index contributed by atoms with van der Waals surface area (Å²) in [7, 11) is 0. The van der Waals surface area contributed by atoms with E-state index in [1.165, 1.54) is 0 Å². The SMILES string of the molecule is Nc1nc(-c2cc(F)cc(F)c2)nc2c(Br)cc(Br)cc12. The number of fused-ring (bicyclic) bond motifs is 1. The van der Waals surface area contributed by atoms with Gasteiger partial charge in [0.15, 0.2) is 5.82 Å². The predicted molar refractivity (Wildman–Crippen MR) is 84.7 cm³/mol. The summed E-state index contributed by atoms with van der Waals surface area (Å²) in [5.74, 6) is -0.979. The van der Waals surface area contributed by atoms with Crippen LogP contribution in [0.25, 0.3) is 22.3 Å². The number of rotatable bonds is 1. The van der Waals surface area contributed by atoms with Crippen LogP contribution in [0, 0.1) is 11.6 Å². The van der Waals surface area contributed by atoms with E-state index < -0.39 is 11.6 Å². The Morgan fingerprint density at radius 2 is 1.57 bits per heavy atom. The van der Waals surface area contributed by atoms with Gasteiger partial charge in [-0.3, -0.25) is 0 Å². The quantitative estimate of drug-likeness (QED) is 0.628. The van der Waals surface area contributed by atoms with Crippen molar-refractivity contribution < 1.29 is 8.78 Å². The molecule has 0 radical (unpaired) electrons. The Hall–Kier alpha value is -1.60. The van der Waals surface area contributed by atoms with E-state index in [4.69, 9.17) is 5.73 Å². The number of nitrogens with zero attached hydrogens (tertiary/aromatic N) is 2. The standard InChI is InChI=1S/C14H7Br2F2N3/c15-7-3-10-12(11(16)4-7)20-14(21-13(10)19)6-1-8(17)5-9(18)2-6/h1-5H,(H2,19,20,21). The lowest BCUT2D eigenvalue weighted by atomic mass is 10.1. The number of nitrogen functional groups attached to an aromatic ring is 1. The molecule has 0 aliphatic rings. The molecule has 2 aromatic carbocycles. The highest BCUT2D eigenvalue weighted by Gasteiger charge is 2.12. The molecule has 1 aromatic heterocycles. The molecule has 0 bridgehead atoms. The third kappa shape index (κ3) is 2.75. The molecule has 0 fully saturated rings. The monoisotopic (exact) mass is 413 g/mol. The molecule has 0 aliphatic heterocycles. The first-order valence-corrected chi connectivity index (χ1v) is 7.41. The van der Waals surface area contributed by atoms with Crippen LogP contribution in [-0.2, 0) is 0 Å². The minimum atomic E-state index is -0.692. The smallest absolute Gasteiger partial charge is 0.162 e. The molecule has 0 amide bonds. The molecular formula is C14H7Br2F2N3. The Labute approximate surface area is 135 Å². The molecule has 1 heterocycles. The predicted octanol–water partition coefficient (Wildman–Crippen LogP) is 4.68. The minimum absolute atomic E-state index is 0.168. The van der Waals surface area contributed by atoms with Crippen molar-refractivity contribution in [2.45, 2.75) is 0 Å². The van der Waals surface area contributed by atoms with E-state index in [1.54, 1.807) is 6.07 Å². The molecule has 3 aromatic rings. The second-order valence-electron chi connectivity index (χ2n) is 4.37. The molecule has 0 saturated heterocycles. The lowest BCUT2D eigenvalue weighted by Gasteiger charge is -2.08. The Morgan fingerprint density at radius 1 is 0.905 bits per heavy atom. The first kappa shape index (κ1) is 14.3.